The van der Waals surface area contributed by atoms with Crippen molar-refractivity contribution >= 4 is 29.4 Å². The largest absolute Gasteiger partial charge is 0.484 e. The van der Waals surface area contributed by atoms with Gasteiger partial charge in [-0.2, -0.15) is 0 Å². The molecule has 0 spiro atoms. The molecule has 0 aliphatic heterocycles. The number of carbonyl (C=O) groups is 1. The number of benzene rings is 2. The van der Waals surface area contributed by atoms with Gasteiger partial charge in [0, 0.05) is 10.7 Å². The molecule has 5 nitrogen and oxygen atoms in total. The highest BCUT2D eigenvalue weighted by molar-refractivity contribution is 6.30. The molecule has 108 valence electrons. The van der Waals surface area contributed by atoms with E-state index >= 15 is 0 Å². The molecule has 2 aromatic rings. The Bertz CT molecular complexity index is 624. The molecule has 0 saturated heterocycles. The van der Waals surface area contributed by atoms with Gasteiger partial charge in [-0.05, 0) is 54.1 Å². The van der Waals surface area contributed by atoms with E-state index in [2.05, 4.69) is 10.5 Å². The van der Waals surface area contributed by atoms with E-state index in [4.69, 9.17) is 21.5 Å². The second-order valence-corrected chi connectivity index (χ2v) is 4.59. The summed E-state index contributed by atoms with van der Waals surface area (Å²) in [7, 11) is 0. The summed E-state index contributed by atoms with van der Waals surface area (Å²) in [5.41, 5.74) is 1.39. The standard InChI is InChI=1S/C15H13ClN2O3/c16-12-3-5-13(6-4-12)18-15(19)10-21-14-7-1-11(2-8-14)9-17-20/h1-9,20H,10H2,(H,18,19). The average Bonchev–Trinajstić information content (AvgIpc) is 2.49. The van der Waals surface area contributed by atoms with Crippen molar-refractivity contribution in [3.8, 4) is 5.75 Å². The topological polar surface area (TPSA) is 70.9 Å². The van der Waals surface area contributed by atoms with Gasteiger partial charge in [-0.25, -0.2) is 0 Å². The molecule has 0 radical (unpaired) electrons. The molecule has 21 heavy (non-hydrogen) atoms. The quantitative estimate of drug-likeness (QED) is 0.506. The maximum absolute atomic E-state index is 11.7. The number of hydrogen-bond donors (Lipinski definition) is 2. The lowest BCUT2D eigenvalue weighted by Gasteiger charge is -2.07. The van der Waals surface area contributed by atoms with Crippen molar-refractivity contribution in [2.45, 2.75) is 0 Å². The number of hydrogen-bond acceptors (Lipinski definition) is 4. The Morgan fingerprint density at radius 2 is 1.86 bits per heavy atom. The van der Waals surface area contributed by atoms with Crippen LogP contribution in [0.2, 0.25) is 5.02 Å². The van der Waals surface area contributed by atoms with E-state index in [1.807, 2.05) is 0 Å². The highest BCUT2D eigenvalue weighted by atomic mass is 35.5. The van der Waals surface area contributed by atoms with Crippen molar-refractivity contribution in [3.05, 3.63) is 59.1 Å². The minimum absolute atomic E-state index is 0.101. The molecule has 0 aliphatic rings. The third-order valence-electron chi connectivity index (χ3n) is 2.58. The fraction of sp³-hybridized carbons (Fsp3) is 0.0667. The van der Waals surface area contributed by atoms with Crippen molar-refractivity contribution in [2.75, 3.05) is 11.9 Å². The van der Waals surface area contributed by atoms with Crippen LogP contribution in [0, 0.1) is 0 Å². The van der Waals surface area contributed by atoms with Crippen LogP contribution in [0.3, 0.4) is 0 Å². The SMILES string of the molecule is O=C(COc1ccc(C=NO)cc1)Nc1ccc(Cl)cc1. The summed E-state index contributed by atoms with van der Waals surface area (Å²) in [6.45, 7) is -0.101. The first-order valence-corrected chi connectivity index (χ1v) is 6.51. The minimum atomic E-state index is -0.265. The number of oxime groups is 1. The van der Waals surface area contributed by atoms with Gasteiger partial charge in [-0.3, -0.25) is 4.79 Å². The van der Waals surface area contributed by atoms with E-state index in [9.17, 15) is 4.79 Å². The number of rotatable bonds is 5. The zero-order valence-electron chi connectivity index (χ0n) is 11.0. The smallest absolute Gasteiger partial charge is 0.262 e. The van der Waals surface area contributed by atoms with Crippen molar-refractivity contribution in [2.24, 2.45) is 5.16 Å². The van der Waals surface area contributed by atoms with Crippen LogP contribution < -0.4 is 10.1 Å². The van der Waals surface area contributed by atoms with Gasteiger partial charge in [0.1, 0.15) is 5.75 Å². The van der Waals surface area contributed by atoms with Crippen LogP contribution >= 0.6 is 11.6 Å². The Morgan fingerprint density at radius 1 is 1.19 bits per heavy atom. The fourth-order valence-corrected chi connectivity index (χ4v) is 1.72. The number of amides is 1. The fourth-order valence-electron chi connectivity index (χ4n) is 1.60. The van der Waals surface area contributed by atoms with E-state index < -0.39 is 0 Å². The zero-order chi connectivity index (χ0) is 15.1. The zero-order valence-corrected chi connectivity index (χ0v) is 11.7. The molecule has 0 fully saturated rings. The van der Waals surface area contributed by atoms with E-state index in [0.29, 0.717) is 16.5 Å². The van der Waals surface area contributed by atoms with Crippen LogP contribution in [0.4, 0.5) is 5.69 Å². The summed E-state index contributed by atoms with van der Waals surface area (Å²) in [4.78, 5) is 11.7. The van der Waals surface area contributed by atoms with Gasteiger partial charge in [-0.15, -0.1) is 0 Å². The third-order valence-corrected chi connectivity index (χ3v) is 2.84. The molecule has 6 heteroatoms. The number of carbonyl (C=O) groups excluding carboxylic acids is 1. The van der Waals surface area contributed by atoms with Crippen molar-refractivity contribution < 1.29 is 14.7 Å². The van der Waals surface area contributed by atoms with Gasteiger partial charge in [-0.1, -0.05) is 16.8 Å². The molecule has 0 atom stereocenters. The molecule has 0 heterocycles. The van der Waals surface area contributed by atoms with Gasteiger partial charge in [0.2, 0.25) is 0 Å². The van der Waals surface area contributed by atoms with Crippen LogP contribution in [0.15, 0.2) is 53.7 Å². The Kier molecular flexibility index (Phi) is 5.17. The molecule has 0 unspecified atom stereocenters. The maximum atomic E-state index is 11.7. The summed E-state index contributed by atoms with van der Waals surface area (Å²) in [6.07, 6.45) is 1.30. The summed E-state index contributed by atoms with van der Waals surface area (Å²) in [5.74, 6) is 0.287. The molecular formula is C15H13ClN2O3. The molecule has 2 N–H and O–H groups in total. The lowest BCUT2D eigenvalue weighted by Crippen LogP contribution is -2.20. The molecule has 1 amide bonds. The number of nitrogens with one attached hydrogen (secondary N) is 1. The molecule has 0 bridgehead atoms. The molecule has 2 aromatic carbocycles. The predicted molar refractivity (Wildman–Crippen MR) is 81.4 cm³/mol. The second kappa shape index (κ2) is 7.31. The number of nitrogens with zero attached hydrogens (tertiary/aromatic N) is 1. The summed E-state index contributed by atoms with van der Waals surface area (Å²) < 4.78 is 5.35. The van der Waals surface area contributed by atoms with Gasteiger partial charge >= 0.3 is 0 Å². The van der Waals surface area contributed by atoms with Crippen LogP contribution in [0.25, 0.3) is 0 Å². The van der Waals surface area contributed by atoms with Crippen LogP contribution in [-0.4, -0.2) is 23.9 Å². The second-order valence-electron chi connectivity index (χ2n) is 4.16. The summed E-state index contributed by atoms with van der Waals surface area (Å²) in [6, 6.07) is 13.6. The normalized spacial score (nSPS) is 10.5. The molecule has 0 saturated carbocycles. The molecule has 0 aromatic heterocycles. The van der Waals surface area contributed by atoms with Crippen LogP contribution in [0.5, 0.6) is 5.75 Å². The number of anilines is 1. The minimum Gasteiger partial charge on any atom is -0.484 e. The number of halogens is 1. The first-order valence-electron chi connectivity index (χ1n) is 6.13. The van der Waals surface area contributed by atoms with E-state index in [1.165, 1.54) is 6.21 Å². The van der Waals surface area contributed by atoms with Crippen molar-refractivity contribution in [1.82, 2.24) is 0 Å². The van der Waals surface area contributed by atoms with Crippen LogP contribution in [0.1, 0.15) is 5.56 Å². The van der Waals surface area contributed by atoms with Gasteiger partial charge in [0.25, 0.3) is 5.91 Å². The van der Waals surface area contributed by atoms with E-state index in [0.717, 1.165) is 5.56 Å². The van der Waals surface area contributed by atoms with Crippen molar-refractivity contribution in [3.63, 3.8) is 0 Å². The van der Waals surface area contributed by atoms with Gasteiger partial charge in [0.15, 0.2) is 6.61 Å². The Hall–Kier alpha value is -2.53. The summed E-state index contributed by atoms with van der Waals surface area (Å²) >= 11 is 5.76. The lowest BCUT2D eigenvalue weighted by atomic mass is 10.2. The monoisotopic (exact) mass is 304 g/mol. The Labute approximate surface area is 126 Å². The van der Waals surface area contributed by atoms with Gasteiger partial charge in [0.05, 0.1) is 6.21 Å². The highest BCUT2D eigenvalue weighted by Crippen LogP contribution is 2.14. The van der Waals surface area contributed by atoms with Gasteiger partial charge < -0.3 is 15.3 Å². The first-order chi connectivity index (χ1) is 10.2. The summed E-state index contributed by atoms with van der Waals surface area (Å²) in [5, 5.41) is 14.6. The van der Waals surface area contributed by atoms with Crippen LogP contribution in [-0.2, 0) is 4.79 Å². The average molecular weight is 305 g/mol. The third kappa shape index (κ3) is 4.81. The number of ether oxygens (including phenoxy) is 1. The molecule has 0 aliphatic carbocycles. The van der Waals surface area contributed by atoms with Crippen molar-refractivity contribution in [1.29, 1.82) is 0 Å². The Balaban J connectivity index is 1.84. The lowest BCUT2D eigenvalue weighted by molar-refractivity contribution is -0.118. The molecular weight excluding hydrogens is 292 g/mol. The van der Waals surface area contributed by atoms with E-state index in [-0.39, 0.29) is 12.5 Å². The Morgan fingerprint density at radius 3 is 2.48 bits per heavy atom. The molecule has 2 rings (SSSR count). The first kappa shape index (κ1) is 14.9. The van der Waals surface area contributed by atoms with E-state index in [1.54, 1.807) is 48.5 Å². The predicted octanol–water partition coefficient (Wildman–Crippen LogP) is 3.17. The highest BCUT2D eigenvalue weighted by Gasteiger charge is 2.03. The maximum Gasteiger partial charge on any atom is 0.262 e.